The number of aromatic carboxylic acids is 1. The first-order chi connectivity index (χ1) is 23.3. The van der Waals surface area contributed by atoms with Crippen molar-refractivity contribution in [2.75, 3.05) is 16.8 Å². The molecule has 0 saturated heterocycles. The van der Waals surface area contributed by atoms with Crippen LogP contribution in [0.3, 0.4) is 0 Å². The number of nitrogens with zero attached hydrogens (tertiary/aromatic N) is 6. The number of carbonyl (C=O) groups excluding carboxylic acids is 1. The van der Waals surface area contributed by atoms with Gasteiger partial charge >= 0.3 is 5.97 Å². The van der Waals surface area contributed by atoms with Crippen molar-refractivity contribution in [3.63, 3.8) is 0 Å². The third kappa shape index (κ3) is 5.06. The lowest BCUT2D eigenvalue weighted by Gasteiger charge is -2.56. The molecule has 10 nitrogen and oxygen atoms in total. The Morgan fingerprint density at radius 2 is 1.79 bits per heavy atom. The summed E-state index contributed by atoms with van der Waals surface area (Å²) in [5, 5.41) is 18.7. The Kier molecular flexibility index (Phi) is 6.90. The number of thiazole rings is 1. The number of carboxylic acids is 1. The predicted octanol–water partition coefficient (Wildman–Crippen LogP) is 6.99. The topological polar surface area (TPSA) is 126 Å². The first-order valence-corrected chi connectivity index (χ1v) is 17.8. The van der Waals surface area contributed by atoms with Crippen LogP contribution in [-0.2, 0) is 19.5 Å². The molecule has 1 aliphatic heterocycles. The number of hydrogen-bond donors (Lipinski definition) is 2. The second-order valence-corrected chi connectivity index (χ2v) is 15.6. The van der Waals surface area contributed by atoms with Crippen LogP contribution in [0, 0.1) is 30.1 Å². The van der Waals surface area contributed by atoms with Gasteiger partial charge in [-0.05, 0) is 110 Å². The van der Waals surface area contributed by atoms with Gasteiger partial charge in [0.1, 0.15) is 5.82 Å². The molecule has 0 unspecified atom stereocenters. The number of fused-ring (bicyclic) bond motifs is 2. The Morgan fingerprint density at radius 3 is 2.54 bits per heavy atom. The monoisotopic (exact) mass is 659 g/mol. The summed E-state index contributed by atoms with van der Waals surface area (Å²) >= 11 is 1.39. The standard InChI is InChI=1S/C37H37N7O3S/c1-21-28(17-39-44(21)20-37-14-22-11-23(15-37)13-24(12-22)16-37)26-5-6-32(41-33(26)35(46)47)43-10-8-25-3-2-4-27(29(25)19-43)34(45)42-36-40-30-7-9-38-18-31(30)48-36/h2-7,9,17-18,22-24H,8,10-16,19-20H2,1H3,(H,46,47)(H,40,42,45). The Balaban J connectivity index is 0.970. The van der Waals surface area contributed by atoms with Gasteiger partial charge in [0.15, 0.2) is 10.8 Å². The molecule has 4 saturated carbocycles. The van der Waals surface area contributed by atoms with Gasteiger partial charge in [-0.15, -0.1) is 0 Å². The maximum atomic E-state index is 13.5. The van der Waals surface area contributed by atoms with Crippen LogP contribution in [0.1, 0.15) is 76.2 Å². The van der Waals surface area contributed by atoms with Crippen LogP contribution in [0.5, 0.6) is 0 Å². The number of nitrogens with one attached hydrogen (secondary N) is 1. The molecule has 4 fully saturated rings. The van der Waals surface area contributed by atoms with Crippen LogP contribution < -0.4 is 10.2 Å². The lowest BCUT2D eigenvalue weighted by Crippen LogP contribution is -2.48. The summed E-state index contributed by atoms with van der Waals surface area (Å²) in [5.74, 6) is 1.88. The van der Waals surface area contributed by atoms with E-state index in [1.54, 1.807) is 12.4 Å². The summed E-state index contributed by atoms with van der Waals surface area (Å²) < 4.78 is 3.03. The molecular formula is C37H37N7O3S. The fourth-order valence-electron chi connectivity index (χ4n) is 9.66. The quantitative estimate of drug-likeness (QED) is 0.192. The minimum Gasteiger partial charge on any atom is -0.476 e. The van der Waals surface area contributed by atoms with E-state index < -0.39 is 5.97 Å². The Morgan fingerprint density at radius 1 is 1.00 bits per heavy atom. The second kappa shape index (κ2) is 11.2. The van der Waals surface area contributed by atoms with E-state index in [1.165, 1.54) is 49.9 Å². The summed E-state index contributed by atoms with van der Waals surface area (Å²) in [4.78, 5) is 41.6. The number of rotatable bonds is 7. The number of benzene rings is 1. The van der Waals surface area contributed by atoms with E-state index in [2.05, 4.69) is 37.9 Å². The molecular weight excluding hydrogens is 623 g/mol. The first-order valence-electron chi connectivity index (χ1n) is 17.0. The molecule has 0 atom stereocenters. The fraction of sp³-hybridized carbons (Fsp3) is 0.405. The van der Waals surface area contributed by atoms with Crippen LogP contribution in [0.4, 0.5) is 10.9 Å². The largest absolute Gasteiger partial charge is 0.476 e. The third-order valence-electron chi connectivity index (χ3n) is 11.4. The predicted molar refractivity (Wildman–Crippen MR) is 184 cm³/mol. The molecule has 10 rings (SSSR count). The highest BCUT2D eigenvalue weighted by molar-refractivity contribution is 7.22. The molecule has 5 aliphatic rings. The summed E-state index contributed by atoms with van der Waals surface area (Å²) in [7, 11) is 0. The van der Waals surface area contributed by atoms with Gasteiger partial charge < -0.3 is 10.0 Å². The van der Waals surface area contributed by atoms with E-state index in [9.17, 15) is 14.7 Å². The maximum Gasteiger partial charge on any atom is 0.355 e. The van der Waals surface area contributed by atoms with Gasteiger partial charge in [-0.3, -0.25) is 19.8 Å². The van der Waals surface area contributed by atoms with Gasteiger partial charge in [0.05, 0.1) is 16.4 Å². The van der Waals surface area contributed by atoms with Crippen molar-refractivity contribution in [1.82, 2.24) is 24.7 Å². The number of hydrogen-bond acceptors (Lipinski definition) is 8. The smallest absolute Gasteiger partial charge is 0.355 e. The highest BCUT2D eigenvalue weighted by Crippen LogP contribution is 2.60. The number of pyridine rings is 2. The fourth-order valence-corrected chi connectivity index (χ4v) is 10.5. The molecule has 4 bridgehead atoms. The maximum absolute atomic E-state index is 13.5. The summed E-state index contributed by atoms with van der Waals surface area (Å²) in [5.41, 5.74) is 6.13. The molecule has 5 aromatic rings. The van der Waals surface area contributed by atoms with Crippen molar-refractivity contribution in [3.05, 3.63) is 83.1 Å². The lowest BCUT2D eigenvalue weighted by atomic mass is 9.49. The average Bonchev–Trinajstić information content (AvgIpc) is 3.65. The zero-order valence-electron chi connectivity index (χ0n) is 26.9. The van der Waals surface area contributed by atoms with Crippen LogP contribution in [0.15, 0.2) is 55.0 Å². The van der Waals surface area contributed by atoms with Crippen molar-refractivity contribution < 1.29 is 14.7 Å². The minimum absolute atomic E-state index is 0.0205. The van der Waals surface area contributed by atoms with E-state index in [0.29, 0.717) is 47.0 Å². The molecule has 1 amide bonds. The van der Waals surface area contributed by atoms with E-state index in [4.69, 9.17) is 10.1 Å². The third-order valence-corrected chi connectivity index (χ3v) is 12.3. The SMILES string of the molecule is Cc1c(-c2ccc(N3CCc4cccc(C(=O)Nc5nc6ccncc6s5)c4C3)nc2C(=O)O)cnn1CC12CC3CC(CC(C3)C1)C2. The van der Waals surface area contributed by atoms with E-state index in [0.717, 1.165) is 56.9 Å². The molecule has 0 radical (unpaired) electrons. The molecule has 5 heterocycles. The minimum atomic E-state index is -1.07. The van der Waals surface area contributed by atoms with Crippen LogP contribution in [0.2, 0.25) is 0 Å². The van der Waals surface area contributed by atoms with Crippen molar-refractivity contribution >= 4 is 44.4 Å². The molecule has 2 N–H and O–H groups in total. The number of carboxylic acid groups (broad SMARTS) is 1. The molecule has 4 aliphatic carbocycles. The van der Waals surface area contributed by atoms with E-state index >= 15 is 0 Å². The lowest BCUT2D eigenvalue weighted by molar-refractivity contribution is -0.0638. The van der Waals surface area contributed by atoms with Crippen molar-refractivity contribution in [3.8, 4) is 11.1 Å². The van der Waals surface area contributed by atoms with Crippen molar-refractivity contribution in [2.24, 2.45) is 23.2 Å². The second-order valence-electron chi connectivity index (χ2n) is 14.5. The van der Waals surface area contributed by atoms with Gasteiger partial charge in [-0.25, -0.2) is 14.8 Å². The Bertz CT molecular complexity index is 2030. The van der Waals surface area contributed by atoms with Crippen LogP contribution >= 0.6 is 11.3 Å². The number of anilines is 2. The summed E-state index contributed by atoms with van der Waals surface area (Å²) in [6, 6.07) is 11.4. The first kappa shape index (κ1) is 29.5. The average molecular weight is 660 g/mol. The molecule has 244 valence electrons. The zero-order chi connectivity index (χ0) is 32.6. The molecule has 48 heavy (non-hydrogen) atoms. The van der Waals surface area contributed by atoms with Gasteiger partial charge in [0, 0.05) is 54.4 Å². The van der Waals surface area contributed by atoms with Gasteiger partial charge in [0.2, 0.25) is 0 Å². The van der Waals surface area contributed by atoms with Gasteiger partial charge in [0.25, 0.3) is 5.91 Å². The highest BCUT2D eigenvalue weighted by Gasteiger charge is 2.51. The number of carbonyl (C=O) groups is 2. The van der Waals surface area contributed by atoms with E-state index in [-0.39, 0.29) is 11.6 Å². The van der Waals surface area contributed by atoms with E-state index in [1.807, 2.05) is 36.5 Å². The van der Waals surface area contributed by atoms with Crippen molar-refractivity contribution in [2.45, 2.75) is 65.0 Å². The number of aromatic nitrogens is 5. The molecule has 1 aromatic carbocycles. The van der Waals surface area contributed by atoms with Gasteiger partial charge in [-0.2, -0.15) is 5.10 Å². The van der Waals surface area contributed by atoms with Crippen LogP contribution in [0.25, 0.3) is 21.3 Å². The highest BCUT2D eigenvalue weighted by atomic mass is 32.1. The Hall–Kier alpha value is -4.64. The zero-order valence-corrected chi connectivity index (χ0v) is 27.7. The Labute approximate surface area is 282 Å². The van der Waals surface area contributed by atoms with Gasteiger partial charge in [-0.1, -0.05) is 23.5 Å². The van der Waals surface area contributed by atoms with Crippen molar-refractivity contribution in [1.29, 1.82) is 0 Å². The molecule has 4 aromatic heterocycles. The summed E-state index contributed by atoms with van der Waals surface area (Å²) in [6.07, 6.45) is 14.1. The summed E-state index contributed by atoms with van der Waals surface area (Å²) in [6.45, 7) is 4.07. The normalized spacial score (nSPS) is 24.2. The molecule has 0 spiro atoms. The number of amides is 1. The van der Waals surface area contributed by atoms with Crippen LogP contribution in [-0.4, -0.2) is 48.3 Å². The molecule has 11 heteroatoms.